The first kappa shape index (κ1) is 15.8. The maximum absolute atomic E-state index is 12.1. The van der Waals surface area contributed by atoms with E-state index in [1.54, 1.807) is 24.3 Å². The van der Waals surface area contributed by atoms with Gasteiger partial charge in [0.05, 0.1) is 0 Å². The van der Waals surface area contributed by atoms with Crippen LogP contribution in [-0.4, -0.2) is 25.2 Å². The molecule has 1 atom stereocenters. The molecule has 1 amide bonds. The molecule has 0 aromatic heterocycles. The summed E-state index contributed by atoms with van der Waals surface area (Å²) in [5, 5.41) is 3.04. The minimum atomic E-state index is -0.0544. The van der Waals surface area contributed by atoms with Gasteiger partial charge in [-0.05, 0) is 43.9 Å². The maximum atomic E-state index is 12.1. The Balaban J connectivity index is 0.00000180. The number of halogens is 1. The third kappa shape index (κ3) is 4.40. The summed E-state index contributed by atoms with van der Waals surface area (Å²) in [7, 11) is 0. The van der Waals surface area contributed by atoms with Crippen LogP contribution < -0.4 is 11.1 Å². The van der Waals surface area contributed by atoms with Gasteiger partial charge in [0.15, 0.2) is 0 Å². The fourth-order valence-corrected chi connectivity index (χ4v) is 2.30. The van der Waals surface area contributed by atoms with E-state index in [1.807, 2.05) is 0 Å². The maximum Gasteiger partial charge on any atom is 0.251 e. The van der Waals surface area contributed by atoms with E-state index >= 15 is 0 Å². The smallest absolute Gasteiger partial charge is 0.251 e. The lowest BCUT2D eigenvalue weighted by Crippen LogP contribution is -2.40. The molecule has 1 heterocycles. The molecule has 1 aromatic carbocycles. The Bertz CT molecular complexity index is 420. The van der Waals surface area contributed by atoms with Crippen LogP contribution in [0, 0.1) is 5.92 Å². The Kier molecular flexibility index (Phi) is 6.12. The third-order valence-corrected chi connectivity index (χ3v) is 3.48. The van der Waals surface area contributed by atoms with Crippen LogP contribution in [0.4, 0.5) is 5.69 Å². The van der Waals surface area contributed by atoms with Crippen molar-refractivity contribution in [3.63, 3.8) is 0 Å². The second-order valence-corrected chi connectivity index (χ2v) is 4.84. The van der Waals surface area contributed by atoms with E-state index in [2.05, 4.69) is 12.2 Å². The lowest BCUT2D eigenvalue weighted by Gasteiger charge is -2.28. The van der Waals surface area contributed by atoms with Crippen LogP contribution in [0.15, 0.2) is 24.3 Å². The summed E-state index contributed by atoms with van der Waals surface area (Å²) in [4.78, 5) is 12.1. The van der Waals surface area contributed by atoms with Crippen LogP contribution in [0.25, 0.3) is 0 Å². The van der Waals surface area contributed by atoms with Crippen molar-refractivity contribution in [2.45, 2.75) is 25.8 Å². The van der Waals surface area contributed by atoms with Crippen molar-refractivity contribution in [1.82, 2.24) is 5.32 Å². The number of hydrogen-bond donors (Lipinski definition) is 2. The summed E-state index contributed by atoms with van der Waals surface area (Å²) in [5.74, 6) is 0.449. The average Bonchev–Trinajstić information content (AvgIpc) is 2.39. The van der Waals surface area contributed by atoms with Crippen molar-refractivity contribution in [2.24, 2.45) is 5.92 Å². The van der Waals surface area contributed by atoms with Crippen molar-refractivity contribution in [2.75, 3.05) is 18.9 Å². The summed E-state index contributed by atoms with van der Waals surface area (Å²) in [6.07, 6.45) is 2.02. The van der Waals surface area contributed by atoms with Gasteiger partial charge in [-0.1, -0.05) is 6.07 Å². The first-order valence-electron chi connectivity index (χ1n) is 6.41. The summed E-state index contributed by atoms with van der Waals surface area (Å²) in [6, 6.07) is 7.22. The van der Waals surface area contributed by atoms with E-state index in [1.165, 1.54) is 0 Å². The second kappa shape index (κ2) is 7.36. The first-order valence-corrected chi connectivity index (χ1v) is 6.41. The minimum Gasteiger partial charge on any atom is -0.399 e. The Morgan fingerprint density at radius 3 is 2.74 bits per heavy atom. The summed E-state index contributed by atoms with van der Waals surface area (Å²) < 4.78 is 5.33. The molecular weight excluding hydrogens is 264 g/mol. The van der Waals surface area contributed by atoms with Gasteiger partial charge in [0.2, 0.25) is 0 Å². The molecule has 1 aliphatic heterocycles. The molecule has 4 nitrogen and oxygen atoms in total. The quantitative estimate of drug-likeness (QED) is 0.837. The molecule has 0 spiro atoms. The molecule has 5 heteroatoms. The number of ether oxygens (including phenoxy) is 1. The lowest BCUT2D eigenvalue weighted by molar-refractivity contribution is 0.0538. The Labute approximate surface area is 120 Å². The van der Waals surface area contributed by atoms with Crippen LogP contribution in [0.5, 0.6) is 0 Å². The number of nitrogens with one attached hydrogen (secondary N) is 1. The number of nitrogens with two attached hydrogens (primary N) is 1. The van der Waals surface area contributed by atoms with Crippen LogP contribution in [0.3, 0.4) is 0 Å². The Morgan fingerprint density at radius 2 is 2.11 bits per heavy atom. The summed E-state index contributed by atoms with van der Waals surface area (Å²) in [6.45, 7) is 3.65. The molecule has 1 saturated heterocycles. The molecule has 0 radical (unpaired) electrons. The number of anilines is 1. The normalized spacial score (nSPS) is 17.3. The molecule has 1 aromatic rings. The van der Waals surface area contributed by atoms with Crippen molar-refractivity contribution in [3.05, 3.63) is 29.8 Å². The molecule has 0 bridgehead atoms. The van der Waals surface area contributed by atoms with Gasteiger partial charge in [-0.25, -0.2) is 0 Å². The third-order valence-electron chi connectivity index (χ3n) is 3.48. The van der Waals surface area contributed by atoms with Crippen molar-refractivity contribution >= 4 is 24.0 Å². The van der Waals surface area contributed by atoms with E-state index in [0.29, 0.717) is 17.2 Å². The lowest BCUT2D eigenvalue weighted by atomic mass is 9.93. The van der Waals surface area contributed by atoms with Gasteiger partial charge in [-0.2, -0.15) is 0 Å². The second-order valence-electron chi connectivity index (χ2n) is 4.84. The molecule has 0 saturated carbocycles. The van der Waals surface area contributed by atoms with E-state index in [0.717, 1.165) is 26.1 Å². The molecule has 3 N–H and O–H groups in total. The van der Waals surface area contributed by atoms with Gasteiger partial charge >= 0.3 is 0 Å². The molecule has 106 valence electrons. The van der Waals surface area contributed by atoms with E-state index in [4.69, 9.17) is 10.5 Å². The molecule has 19 heavy (non-hydrogen) atoms. The van der Waals surface area contributed by atoms with Crippen molar-refractivity contribution in [1.29, 1.82) is 0 Å². The van der Waals surface area contributed by atoms with Gasteiger partial charge in [0, 0.05) is 30.5 Å². The number of hydrogen-bond acceptors (Lipinski definition) is 3. The van der Waals surface area contributed by atoms with Crippen molar-refractivity contribution < 1.29 is 9.53 Å². The van der Waals surface area contributed by atoms with E-state index in [9.17, 15) is 4.79 Å². The molecule has 1 aliphatic rings. The number of rotatable bonds is 3. The monoisotopic (exact) mass is 284 g/mol. The molecule has 1 unspecified atom stereocenters. The number of benzene rings is 1. The fourth-order valence-electron chi connectivity index (χ4n) is 2.30. The molecular formula is C14H21ClN2O2. The Hall–Kier alpha value is -1.26. The zero-order chi connectivity index (χ0) is 13.0. The van der Waals surface area contributed by atoms with Crippen LogP contribution in [0.1, 0.15) is 30.1 Å². The first-order chi connectivity index (χ1) is 8.66. The zero-order valence-corrected chi connectivity index (χ0v) is 11.9. The van der Waals surface area contributed by atoms with Gasteiger partial charge in [0.25, 0.3) is 5.91 Å². The van der Waals surface area contributed by atoms with Gasteiger partial charge in [-0.3, -0.25) is 4.79 Å². The largest absolute Gasteiger partial charge is 0.399 e. The SMILES string of the molecule is CC(NC(=O)c1cccc(N)c1)C1CCOCC1.Cl. The van der Waals surface area contributed by atoms with Gasteiger partial charge in [0.1, 0.15) is 0 Å². The molecule has 2 rings (SSSR count). The van der Waals surface area contributed by atoms with Crippen molar-refractivity contribution in [3.8, 4) is 0 Å². The van der Waals surface area contributed by atoms with Crippen LogP contribution in [0.2, 0.25) is 0 Å². The number of nitrogen functional groups attached to an aromatic ring is 1. The predicted molar refractivity (Wildman–Crippen MR) is 78.6 cm³/mol. The zero-order valence-electron chi connectivity index (χ0n) is 11.1. The van der Waals surface area contributed by atoms with Gasteiger partial charge in [-0.15, -0.1) is 12.4 Å². The highest BCUT2D eigenvalue weighted by molar-refractivity contribution is 5.95. The fraction of sp³-hybridized carbons (Fsp3) is 0.500. The number of carbonyl (C=O) groups excluding carboxylic acids is 1. The number of amides is 1. The number of carbonyl (C=O) groups is 1. The highest BCUT2D eigenvalue weighted by Gasteiger charge is 2.22. The standard InChI is InChI=1S/C14H20N2O2.ClH/c1-10(11-5-7-18-8-6-11)16-14(17)12-3-2-4-13(15)9-12;/h2-4,9-11H,5-8,15H2,1H3,(H,16,17);1H. The highest BCUT2D eigenvalue weighted by atomic mass is 35.5. The van der Waals surface area contributed by atoms with Gasteiger partial charge < -0.3 is 15.8 Å². The highest BCUT2D eigenvalue weighted by Crippen LogP contribution is 2.19. The minimum absolute atomic E-state index is 0. The Morgan fingerprint density at radius 1 is 1.42 bits per heavy atom. The molecule has 0 aliphatic carbocycles. The van der Waals surface area contributed by atoms with Crippen LogP contribution >= 0.6 is 12.4 Å². The van der Waals surface area contributed by atoms with E-state index in [-0.39, 0.29) is 24.4 Å². The van der Waals surface area contributed by atoms with Crippen LogP contribution in [-0.2, 0) is 4.74 Å². The summed E-state index contributed by atoms with van der Waals surface area (Å²) in [5.41, 5.74) is 6.91. The predicted octanol–water partition coefficient (Wildman–Crippen LogP) is 2.24. The summed E-state index contributed by atoms with van der Waals surface area (Å²) >= 11 is 0. The average molecular weight is 285 g/mol. The van der Waals surface area contributed by atoms with E-state index < -0.39 is 0 Å². The topological polar surface area (TPSA) is 64.4 Å². The molecule has 1 fully saturated rings.